The molecule has 4 nitrogen and oxygen atoms in total. The van der Waals surface area contributed by atoms with Gasteiger partial charge in [-0.25, -0.2) is 4.39 Å². The Balaban J connectivity index is 0.000000354. The number of phenols is 1. The SMILES string of the molecule is Nc1cc(O)ccc1F.O=C=O. The number of hydrogen-bond donors (Lipinski definition) is 2. The van der Waals surface area contributed by atoms with Gasteiger partial charge < -0.3 is 10.8 Å². The summed E-state index contributed by atoms with van der Waals surface area (Å²) in [7, 11) is 0. The molecular weight excluding hydrogens is 165 g/mol. The van der Waals surface area contributed by atoms with Crippen molar-refractivity contribution in [1.29, 1.82) is 0 Å². The van der Waals surface area contributed by atoms with Gasteiger partial charge in [0.15, 0.2) is 0 Å². The van der Waals surface area contributed by atoms with Crippen molar-refractivity contribution in [3.05, 3.63) is 24.0 Å². The number of aromatic hydroxyl groups is 1. The van der Waals surface area contributed by atoms with Crippen molar-refractivity contribution in [3.8, 4) is 5.75 Å². The van der Waals surface area contributed by atoms with E-state index in [1.807, 2.05) is 0 Å². The average molecular weight is 171 g/mol. The molecule has 0 heterocycles. The minimum Gasteiger partial charge on any atom is -0.508 e. The molecule has 1 aromatic rings. The molecule has 0 radical (unpaired) electrons. The Kier molecular flexibility index (Phi) is 4.11. The number of anilines is 1. The van der Waals surface area contributed by atoms with Crippen LogP contribution in [0.4, 0.5) is 10.1 Å². The van der Waals surface area contributed by atoms with Crippen LogP contribution in [0.2, 0.25) is 0 Å². The molecular formula is C7H6FNO3. The zero-order valence-electron chi connectivity index (χ0n) is 5.95. The summed E-state index contributed by atoms with van der Waals surface area (Å²) in [4.78, 5) is 16.2. The van der Waals surface area contributed by atoms with Crippen molar-refractivity contribution in [2.45, 2.75) is 0 Å². The van der Waals surface area contributed by atoms with Gasteiger partial charge in [0.2, 0.25) is 0 Å². The summed E-state index contributed by atoms with van der Waals surface area (Å²) in [5.41, 5.74) is 5.05. The minimum absolute atomic E-state index is 0.0195. The van der Waals surface area contributed by atoms with E-state index in [-0.39, 0.29) is 17.6 Å². The van der Waals surface area contributed by atoms with Crippen molar-refractivity contribution in [3.63, 3.8) is 0 Å². The molecule has 0 aromatic heterocycles. The van der Waals surface area contributed by atoms with Crippen molar-refractivity contribution < 1.29 is 19.1 Å². The molecule has 0 fully saturated rings. The van der Waals surface area contributed by atoms with E-state index in [1.54, 1.807) is 0 Å². The van der Waals surface area contributed by atoms with Gasteiger partial charge in [-0.05, 0) is 12.1 Å². The molecule has 0 bridgehead atoms. The molecule has 64 valence electrons. The lowest BCUT2D eigenvalue weighted by molar-refractivity contribution is -0.191. The first-order chi connectivity index (χ1) is 5.61. The highest BCUT2D eigenvalue weighted by molar-refractivity contribution is 5.44. The zero-order valence-corrected chi connectivity index (χ0v) is 5.95. The fourth-order valence-electron chi connectivity index (χ4n) is 0.531. The standard InChI is InChI=1S/C6H6FNO.CO2/c7-5-2-1-4(9)3-6(5)8;2-1-3/h1-3,9H,8H2;. The molecule has 0 atom stereocenters. The molecule has 3 N–H and O–H groups in total. The number of phenolic OH excluding ortho intramolecular Hbond substituents is 1. The van der Waals surface area contributed by atoms with Gasteiger partial charge >= 0.3 is 6.15 Å². The van der Waals surface area contributed by atoms with Crippen LogP contribution in [-0.4, -0.2) is 11.3 Å². The maximum Gasteiger partial charge on any atom is 0.373 e. The number of benzene rings is 1. The van der Waals surface area contributed by atoms with E-state index in [2.05, 4.69) is 0 Å². The Morgan fingerprint density at radius 3 is 2.25 bits per heavy atom. The molecule has 1 rings (SSSR count). The molecule has 0 unspecified atom stereocenters. The molecule has 12 heavy (non-hydrogen) atoms. The highest BCUT2D eigenvalue weighted by Gasteiger charge is 1.95. The van der Waals surface area contributed by atoms with Crippen LogP contribution in [0, 0.1) is 5.82 Å². The van der Waals surface area contributed by atoms with Gasteiger partial charge in [0, 0.05) is 6.07 Å². The number of nitrogens with two attached hydrogens (primary N) is 1. The first-order valence-electron chi connectivity index (χ1n) is 2.85. The Hall–Kier alpha value is -1.87. The fraction of sp³-hybridized carbons (Fsp3) is 0. The zero-order chi connectivity index (χ0) is 9.56. The van der Waals surface area contributed by atoms with Crippen molar-refractivity contribution in [2.75, 3.05) is 5.73 Å². The number of nitrogen functional groups attached to an aromatic ring is 1. The van der Waals surface area contributed by atoms with Crippen molar-refractivity contribution in [1.82, 2.24) is 0 Å². The van der Waals surface area contributed by atoms with Gasteiger partial charge in [-0.2, -0.15) is 9.59 Å². The second kappa shape index (κ2) is 4.87. The summed E-state index contributed by atoms with van der Waals surface area (Å²) in [6.07, 6.45) is 0.250. The Labute approximate surface area is 67.4 Å². The highest BCUT2D eigenvalue weighted by Crippen LogP contribution is 2.15. The van der Waals surface area contributed by atoms with Crippen molar-refractivity contribution >= 4 is 11.8 Å². The van der Waals surface area contributed by atoms with Gasteiger partial charge in [-0.1, -0.05) is 0 Å². The predicted molar refractivity (Wildman–Crippen MR) is 37.5 cm³/mol. The smallest absolute Gasteiger partial charge is 0.373 e. The lowest BCUT2D eigenvalue weighted by Gasteiger charge is -1.94. The first kappa shape index (κ1) is 10.1. The third-order valence-electron chi connectivity index (χ3n) is 0.980. The van der Waals surface area contributed by atoms with Gasteiger partial charge in [0.05, 0.1) is 5.69 Å². The van der Waals surface area contributed by atoms with E-state index in [9.17, 15) is 4.39 Å². The summed E-state index contributed by atoms with van der Waals surface area (Å²) in [6, 6.07) is 3.52. The first-order valence-corrected chi connectivity index (χ1v) is 2.85. The lowest BCUT2D eigenvalue weighted by Crippen LogP contribution is -1.87. The van der Waals surface area contributed by atoms with Crippen LogP contribution in [0.15, 0.2) is 18.2 Å². The fourth-order valence-corrected chi connectivity index (χ4v) is 0.531. The second-order valence-electron chi connectivity index (χ2n) is 1.79. The number of halogens is 1. The molecule has 0 saturated heterocycles. The third kappa shape index (κ3) is 3.34. The van der Waals surface area contributed by atoms with E-state index in [4.69, 9.17) is 20.4 Å². The van der Waals surface area contributed by atoms with Gasteiger partial charge in [-0.15, -0.1) is 0 Å². The molecule has 0 aliphatic rings. The predicted octanol–water partition coefficient (Wildman–Crippen LogP) is 0.530. The van der Waals surface area contributed by atoms with E-state index in [0.29, 0.717) is 0 Å². The summed E-state index contributed by atoms with van der Waals surface area (Å²) >= 11 is 0. The van der Waals surface area contributed by atoms with E-state index in [0.717, 1.165) is 12.1 Å². The Morgan fingerprint density at radius 1 is 1.42 bits per heavy atom. The molecule has 0 saturated carbocycles. The van der Waals surface area contributed by atoms with E-state index in [1.165, 1.54) is 6.07 Å². The van der Waals surface area contributed by atoms with Gasteiger partial charge in [0.25, 0.3) is 0 Å². The van der Waals surface area contributed by atoms with Crippen molar-refractivity contribution in [2.24, 2.45) is 0 Å². The quantitative estimate of drug-likeness (QED) is 0.558. The Bertz CT molecular complexity index is 295. The molecule has 0 aliphatic heterocycles. The van der Waals surface area contributed by atoms with Crippen LogP contribution in [-0.2, 0) is 9.59 Å². The van der Waals surface area contributed by atoms with Crippen LogP contribution in [0.1, 0.15) is 0 Å². The maximum absolute atomic E-state index is 12.3. The number of hydrogen-bond acceptors (Lipinski definition) is 4. The summed E-state index contributed by atoms with van der Waals surface area (Å²) < 4.78 is 12.3. The highest BCUT2D eigenvalue weighted by atomic mass is 19.1. The lowest BCUT2D eigenvalue weighted by atomic mass is 10.3. The van der Waals surface area contributed by atoms with E-state index >= 15 is 0 Å². The molecule has 0 aliphatic carbocycles. The maximum atomic E-state index is 12.3. The Morgan fingerprint density at radius 2 is 1.92 bits per heavy atom. The molecule has 1 aromatic carbocycles. The summed E-state index contributed by atoms with van der Waals surface area (Å²) in [5, 5.41) is 8.69. The van der Waals surface area contributed by atoms with Crippen LogP contribution in [0.3, 0.4) is 0 Å². The monoisotopic (exact) mass is 171 g/mol. The summed E-state index contributed by atoms with van der Waals surface area (Å²) in [6.45, 7) is 0. The second-order valence-corrected chi connectivity index (χ2v) is 1.79. The molecule has 0 spiro atoms. The normalized spacial score (nSPS) is 7.75. The van der Waals surface area contributed by atoms with Crippen LogP contribution < -0.4 is 5.73 Å². The number of carbonyl (C=O) groups excluding carboxylic acids is 2. The molecule has 0 amide bonds. The largest absolute Gasteiger partial charge is 0.508 e. The molecule has 5 heteroatoms. The third-order valence-corrected chi connectivity index (χ3v) is 0.980. The minimum atomic E-state index is -0.507. The van der Waals surface area contributed by atoms with Crippen LogP contribution in [0.25, 0.3) is 0 Å². The van der Waals surface area contributed by atoms with Crippen LogP contribution >= 0.6 is 0 Å². The number of rotatable bonds is 0. The van der Waals surface area contributed by atoms with Gasteiger partial charge in [0.1, 0.15) is 11.6 Å². The van der Waals surface area contributed by atoms with Gasteiger partial charge in [-0.3, -0.25) is 0 Å². The average Bonchev–Trinajstić information content (AvgIpc) is 1.99. The topological polar surface area (TPSA) is 80.4 Å². The van der Waals surface area contributed by atoms with E-state index < -0.39 is 5.82 Å². The summed E-state index contributed by atoms with van der Waals surface area (Å²) in [5.74, 6) is -0.526. The van der Waals surface area contributed by atoms with Crippen LogP contribution in [0.5, 0.6) is 5.75 Å².